The monoisotopic (exact) mass is 335 g/mol. The Hall–Kier alpha value is -2.89. The van der Waals surface area contributed by atoms with E-state index in [0.717, 1.165) is 43.7 Å². The van der Waals surface area contributed by atoms with Crippen molar-refractivity contribution >= 4 is 5.91 Å². The first-order valence-corrected chi connectivity index (χ1v) is 8.65. The normalized spacial score (nSPS) is 17.6. The van der Waals surface area contributed by atoms with Crippen molar-refractivity contribution in [2.24, 2.45) is 5.92 Å². The highest BCUT2D eigenvalue weighted by Gasteiger charge is 2.26. The SMILES string of the molecule is O=C(c1ccccc1-n1cccc1)N1CCCC(Cn2cncn2)C1. The lowest BCUT2D eigenvalue weighted by molar-refractivity contribution is 0.0659. The highest BCUT2D eigenvalue weighted by Crippen LogP contribution is 2.22. The number of nitrogens with zero attached hydrogens (tertiary/aromatic N) is 5. The predicted molar refractivity (Wildman–Crippen MR) is 94.4 cm³/mol. The molecule has 0 bridgehead atoms. The maximum Gasteiger partial charge on any atom is 0.255 e. The van der Waals surface area contributed by atoms with Crippen molar-refractivity contribution in [1.29, 1.82) is 0 Å². The average Bonchev–Trinajstić information content (AvgIpc) is 3.35. The van der Waals surface area contributed by atoms with Crippen LogP contribution < -0.4 is 0 Å². The van der Waals surface area contributed by atoms with Gasteiger partial charge in [-0.2, -0.15) is 5.10 Å². The number of rotatable bonds is 4. The van der Waals surface area contributed by atoms with Crippen LogP contribution in [0.4, 0.5) is 0 Å². The van der Waals surface area contributed by atoms with Gasteiger partial charge in [-0.25, -0.2) is 4.98 Å². The van der Waals surface area contributed by atoms with Gasteiger partial charge in [0.1, 0.15) is 12.7 Å². The summed E-state index contributed by atoms with van der Waals surface area (Å²) in [4.78, 5) is 19.1. The standard InChI is InChI=1S/C19H21N5O/c25-19(17-7-1-2-8-18(17)22-9-3-4-10-22)23-11-5-6-16(12-23)13-24-15-20-14-21-24/h1-4,7-10,14-16H,5-6,11-13H2. The molecule has 0 spiro atoms. The van der Waals surface area contributed by atoms with E-state index < -0.39 is 0 Å². The minimum atomic E-state index is 0.104. The van der Waals surface area contributed by atoms with Gasteiger partial charge in [-0.05, 0) is 43.0 Å². The first-order chi connectivity index (χ1) is 12.3. The summed E-state index contributed by atoms with van der Waals surface area (Å²) < 4.78 is 3.84. The quantitative estimate of drug-likeness (QED) is 0.736. The molecule has 3 heterocycles. The molecule has 1 aromatic carbocycles. The van der Waals surface area contributed by atoms with Crippen molar-refractivity contribution in [3.8, 4) is 5.69 Å². The fraction of sp³-hybridized carbons (Fsp3) is 0.316. The minimum Gasteiger partial charge on any atom is -0.338 e. The van der Waals surface area contributed by atoms with E-state index in [0.29, 0.717) is 5.92 Å². The van der Waals surface area contributed by atoms with Crippen molar-refractivity contribution in [2.45, 2.75) is 19.4 Å². The van der Waals surface area contributed by atoms with Gasteiger partial charge in [-0.1, -0.05) is 12.1 Å². The van der Waals surface area contributed by atoms with Crippen molar-refractivity contribution < 1.29 is 4.79 Å². The van der Waals surface area contributed by atoms with E-state index in [1.54, 1.807) is 12.7 Å². The molecule has 0 aliphatic carbocycles. The molecule has 1 aliphatic rings. The van der Waals surface area contributed by atoms with Crippen LogP contribution in [0.25, 0.3) is 5.69 Å². The summed E-state index contributed by atoms with van der Waals surface area (Å²) >= 11 is 0. The van der Waals surface area contributed by atoms with Crippen LogP contribution in [0.2, 0.25) is 0 Å². The second-order valence-electron chi connectivity index (χ2n) is 6.48. The Kier molecular flexibility index (Phi) is 4.33. The van der Waals surface area contributed by atoms with Gasteiger partial charge in [-0.15, -0.1) is 0 Å². The maximum atomic E-state index is 13.1. The summed E-state index contributed by atoms with van der Waals surface area (Å²) in [5, 5.41) is 4.19. The molecule has 1 amide bonds. The van der Waals surface area contributed by atoms with Crippen molar-refractivity contribution in [2.75, 3.05) is 13.1 Å². The number of aromatic nitrogens is 4. The lowest BCUT2D eigenvalue weighted by atomic mass is 9.97. The van der Waals surface area contributed by atoms with E-state index in [1.165, 1.54) is 0 Å². The Bertz CT molecular complexity index is 825. The summed E-state index contributed by atoms with van der Waals surface area (Å²) in [5.41, 5.74) is 1.68. The van der Waals surface area contributed by atoms with Crippen molar-refractivity contribution in [1.82, 2.24) is 24.2 Å². The summed E-state index contributed by atoms with van der Waals surface area (Å²) in [5.74, 6) is 0.519. The zero-order valence-electron chi connectivity index (χ0n) is 14.0. The number of likely N-dealkylation sites (tertiary alicyclic amines) is 1. The summed E-state index contributed by atoms with van der Waals surface area (Å²) in [6, 6.07) is 11.7. The minimum absolute atomic E-state index is 0.104. The molecule has 6 heteroatoms. The molecule has 0 radical (unpaired) electrons. The Morgan fingerprint density at radius 1 is 1.16 bits per heavy atom. The molecule has 25 heavy (non-hydrogen) atoms. The molecule has 0 N–H and O–H groups in total. The molecule has 4 rings (SSSR count). The zero-order valence-corrected chi connectivity index (χ0v) is 14.0. The highest BCUT2D eigenvalue weighted by atomic mass is 16.2. The highest BCUT2D eigenvalue weighted by molar-refractivity contribution is 5.97. The van der Waals surface area contributed by atoms with E-state index >= 15 is 0 Å². The van der Waals surface area contributed by atoms with Crippen molar-refractivity contribution in [3.63, 3.8) is 0 Å². The van der Waals surface area contributed by atoms with E-state index in [1.807, 2.05) is 62.9 Å². The van der Waals surface area contributed by atoms with Crippen molar-refractivity contribution in [3.05, 3.63) is 67.0 Å². The number of carbonyl (C=O) groups excluding carboxylic acids is 1. The maximum absolute atomic E-state index is 13.1. The number of piperidine rings is 1. The lowest BCUT2D eigenvalue weighted by Gasteiger charge is -2.33. The van der Waals surface area contributed by atoms with Gasteiger partial charge in [0, 0.05) is 32.0 Å². The third-order valence-electron chi connectivity index (χ3n) is 4.74. The molecule has 2 aromatic heterocycles. The molecular formula is C19H21N5O. The Morgan fingerprint density at radius 2 is 2.00 bits per heavy atom. The molecule has 0 saturated carbocycles. The fourth-order valence-electron chi connectivity index (χ4n) is 3.54. The number of amides is 1. The molecule has 1 unspecified atom stereocenters. The number of carbonyl (C=O) groups is 1. The van der Waals surface area contributed by atoms with Crippen LogP contribution >= 0.6 is 0 Å². The van der Waals surface area contributed by atoms with Crippen LogP contribution in [0, 0.1) is 5.92 Å². The van der Waals surface area contributed by atoms with Gasteiger partial charge < -0.3 is 9.47 Å². The van der Waals surface area contributed by atoms with Crippen LogP contribution in [0.5, 0.6) is 0 Å². The summed E-state index contributed by atoms with van der Waals surface area (Å²) in [6.07, 6.45) is 9.37. The van der Waals surface area contributed by atoms with Gasteiger partial charge in [0.15, 0.2) is 0 Å². The third-order valence-corrected chi connectivity index (χ3v) is 4.74. The zero-order chi connectivity index (χ0) is 17.1. The molecule has 6 nitrogen and oxygen atoms in total. The van der Waals surface area contributed by atoms with Gasteiger partial charge in [0.2, 0.25) is 0 Å². The molecule has 1 atom stereocenters. The Morgan fingerprint density at radius 3 is 2.80 bits per heavy atom. The number of para-hydroxylation sites is 1. The number of hydrogen-bond acceptors (Lipinski definition) is 3. The molecule has 1 saturated heterocycles. The van der Waals surface area contributed by atoms with Gasteiger partial charge in [-0.3, -0.25) is 9.48 Å². The molecule has 1 aliphatic heterocycles. The number of hydrogen-bond donors (Lipinski definition) is 0. The molecular weight excluding hydrogens is 314 g/mol. The average molecular weight is 335 g/mol. The lowest BCUT2D eigenvalue weighted by Crippen LogP contribution is -2.41. The topological polar surface area (TPSA) is 56.0 Å². The molecule has 1 fully saturated rings. The van der Waals surface area contributed by atoms with Crippen LogP contribution in [0.15, 0.2) is 61.4 Å². The van der Waals surface area contributed by atoms with E-state index in [-0.39, 0.29) is 5.91 Å². The van der Waals surface area contributed by atoms with Gasteiger partial charge in [0.25, 0.3) is 5.91 Å². The summed E-state index contributed by atoms with van der Waals surface area (Å²) in [6.45, 7) is 2.38. The van der Waals surface area contributed by atoms with Crippen LogP contribution in [-0.2, 0) is 6.54 Å². The summed E-state index contributed by atoms with van der Waals surface area (Å²) in [7, 11) is 0. The predicted octanol–water partition coefficient (Wildman–Crippen LogP) is 2.62. The first kappa shape index (κ1) is 15.6. The van der Waals surface area contributed by atoms with E-state index in [4.69, 9.17) is 0 Å². The van der Waals surface area contributed by atoms with E-state index in [9.17, 15) is 4.79 Å². The Balaban J connectivity index is 1.53. The molecule has 128 valence electrons. The van der Waals surface area contributed by atoms with Gasteiger partial charge >= 0.3 is 0 Å². The largest absolute Gasteiger partial charge is 0.338 e. The molecule has 3 aromatic rings. The fourth-order valence-corrected chi connectivity index (χ4v) is 3.54. The smallest absolute Gasteiger partial charge is 0.255 e. The third kappa shape index (κ3) is 3.33. The second kappa shape index (κ2) is 6.93. The Labute approximate surface area is 146 Å². The van der Waals surface area contributed by atoms with Crippen LogP contribution in [-0.4, -0.2) is 43.2 Å². The first-order valence-electron chi connectivity index (χ1n) is 8.65. The van der Waals surface area contributed by atoms with E-state index in [2.05, 4.69) is 10.1 Å². The van der Waals surface area contributed by atoms with Gasteiger partial charge in [0.05, 0.1) is 11.3 Å². The second-order valence-corrected chi connectivity index (χ2v) is 6.48. The van der Waals surface area contributed by atoms with Crippen LogP contribution in [0.1, 0.15) is 23.2 Å². The van der Waals surface area contributed by atoms with Crippen LogP contribution in [0.3, 0.4) is 0 Å². The number of benzene rings is 1.